The van der Waals surface area contributed by atoms with E-state index in [1.807, 2.05) is 29.2 Å². The maximum Gasteiger partial charge on any atom is 0.302 e. The van der Waals surface area contributed by atoms with Crippen LogP contribution in [0.4, 0.5) is 5.69 Å². The summed E-state index contributed by atoms with van der Waals surface area (Å²) in [5.41, 5.74) is 0.861. The molecule has 7 nitrogen and oxygen atoms in total. The van der Waals surface area contributed by atoms with Gasteiger partial charge in [0.25, 0.3) is 0 Å². The fourth-order valence-electron chi connectivity index (χ4n) is 4.70. The summed E-state index contributed by atoms with van der Waals surface area (Å²) in [6.45, 7) is 4.20. The van der Waals surface area contributed by atoms with Crippen molar-refractivity contribution in [2.45, 2.75) is 51.4 Å². The number of benzene rings is 2. The molecule has 2 aromatic rings. The maximum atomic E-state index is 14.1. The van der Waals surface area contributed by atoms with Crippen molar-refractivity contribution in [1.29, 1.82) is 0 Å². The minimum atomic E-state index is -1.19. The molecule has 2 heterocycles. The summed E-state index contributed by atoms with van der Waals surface area (Å²) >= 11 is 0. The number of hydrogen-bond acceptors (Lipinski definition) is 6. The van der Waals surface area contributed by atoms with Crippen LogP contribution in [0.1, 0.15) is 57.1 Å². The van der Waals surface area contributed by atoms with Gasteiger partial charge in [0, 0.05) is 37.2 Å². The summed E-state index contributed by atoms with van der Waals surface area (Å²) in [6, 6.07) is 10.8. The average molecular weight is 440 g/mol. The molecule has 0 saturated heterocycles. The van der Waals surface area contributed by atoms with Crippen LogP contribution in [0.2, 0.25) is 0 Å². The first-order chi connectivity index (χ1) is 15.5. The van der Waals surface area contributed by atoms with Crippen molar-refractivity contribution >= 4 is 17.6 Å². The zero-order valence-corrected chi connectivity index (χ0v) is 18.6. The van der Waals surface area contributed by atoms with E-state index in [1.165, 1.54) is 13.0 Å². The Morgan fingerprint density at radius 3 is 2.62 bits per heavy atom. The van der Waals surface area contributed by atoms with Gasteiger partial charge >= 0.3 is 5.97 Å². The summed E-state index contributed by atoms with van der Waals surface area (Å²) in [5, 5.41) is 11.0. The molecule has 0 aromatic heterocycles. The van der Waals surface area contributed by atoms with Crippen LogP contribution in [0.25, 0.3) is 0 Å². The highest BCUT2D eigenvalue weighted by molar-refractivity contribution is 6.11. The number of para-hydroxylation sites is 1. The summed E-state index contributed by atoms with van der Waals surface area (Å²) < 4.78 is 16.2. The summed E-state index contributed by atoms with van der Waals surface area (Å²) in [7, 11) is 0. The Hall–Kier alpha value is -3.22. The largest absolute Gasteiger partial charge is 0.507 e. The monoisotopic (exact) mass is 439 g/mol. The Morgan fingerprint density at radius 1 is 1.12 bits per heavy atom. The number of carbonyl (C=O) groups excluding carboxylic acids is 2. The summed E-state index contributed by atoms with van der Waals surface area (Å²) in [6.07, 6.45) is 4.37. The van der Waals surface area contributed by atoms with Gasteiger partial charge in [-0.2, -0.15) is 0 Å². The zero-order valence-electron chi connectivity index (χ0n) is 18.6. The highest BCUT2D eigenvalue weighted by Crippen LogP contribution is 2.53. The molecule has 32 heavy (non-hydrogen) atoms. The molecule has 1 N–H and O–H groups in total. The fraction of sp³-hybridized carbons (Fsp3) is 0.440. The number of amides is 1. The highest BCUT2D eigenvalue weighted by atomic mass is 16.7. The van der Waals surface area contributed by atoms with E-state index in [-0.39, 0.29) is 31.5 Å². The van der Waals surface area contributed by atoms with Gasteiger partial charge in [0.1, 0.15) is 11.2 Å². The lowest BCUT2D eigenvalue weighted by atomic mass is 9.72. The first kappa shape index (κ1) is 22.0. The van der Waals surface area contributed by atoms with Crippen molar-refractivity contribution in [3.8, 4) is 17.2 Å². The number of anilines is 1. The smallest absolute Gasteiger partial charge is 0.302 e. The molecule has 0 radical (unpaired) electrons. The second-order valence-corrected chi connectivity index (χ2v) is 8.25. The van der Waals surface area contributed by atoms with Gasteiger partial charge in [-0.15, -0.1) is 0 Å². The molecule has 4 rings (SSSR count). The molecular formula is C25H29NO6. The van der Waals surface area contributed by atoms with Gasteiger partial charge in [0.2, 0.25) is 12.7 Å². The fourth-order valence-corrected chi connectivity index (χ4v) is 4.70. The minimum absolute atomic E-state index is 0.0481. The van der Waals surface area contributed by atoms with Crippen LogP contribution in [0.3, 0.4) is 0 Å². The lowest BCUT2D eigenvalue weighted by Crippen LogP contribution is -2.42. The number of esters is 1. The maximum absolute atomic E-state index is 14.1. The van der Waals surface area contributed by atoms with Crippen molar-refractivity contribution in [2.75, 3.05) is 24.8 Å². The van der Waals surface area contributed by atoms with E-state index in [0.717, 1.165) is 36.9 Å². The van der Waals surface area contributed by atoms with Crippen molar-refractivity contribution in [3.63, 3.8) is 0 Å². The molecule has 1 atom stereocenters. The number of rotatable bonds is 9. The van der Waals surface area contributed by atoms with Gasteiger partial charge in [-0.3, -0.25) is 9.59 Å². The molecule has 2 aliphatic rings. The van der Waals surface area contributed by atoms with Gasteiger partial charge in [-0.25, -0.2) is 0 Å². The van der Waals surface area contributed by atoms with Crippen molar-refractivity contribution in [3.05, 3.63) is 47.5 Å². The number of phenolic OH excluding ortho intramolecular Hbond substituents is 1. The molecule has 0 fully saturated rings. The predicted molar refractivity (Wildman–Crippen MR) is 119 cm³/mol. The Balaban J connectivity index is 1.80. The Bertz CT molecular complexity index is 1020. The molecule has 0 spiro atoms. The molecular weight excluding hydrogens is 410 g/mol. The molecule has 2 aromatic carbocycles. The van der Waals surface area contributed by atoms with E-state index in [4.69, 9.17) is 14.2 Å². The average Bonchev–Trinajstić information content (AvgIpc) is 3.32. The normalized spacial score (nSPS) is 18.7. The van der Waals surface area contributed by atoms with Crippen LogP contribution < -0.4 is 14.4 Å². The standard InChI is InChI=1S/C25H29NO6/c1-3-4-5-8-12-26-20-10-7-6-9-18(20)25(24(26)29,11-13-30-17(2)27)19-14-22-23(15-21(19)28)32-16-31-22/h6-7,9-10,14-15,28H,3-5,8,11-13,16H2,1-2H3. The number of nitrogens with zero attached hydrogens (tertiary/aromatic N) is 1. The molecule has 7 heteroatoms. The van der Waals surface area contributed by atoms with Crippen molar-refractivity contribution < 1.29 is 28.9 Å². The quantitative estimate of drug-likeness (QED) is 0.464. The lowest BCUT2D eigenvalue weighted by Gasteiger charge is -2.30. The van der Waals surface area contributed by atoms with Crippen LogP contribution in [0.15, 0.2) is 36.4 Å². The highest BCUT2D eigenvalue weighted by Gasteiger charge is 2.53. The second-order valence-electron chi connectivity index (χ2n) is 8.25. The Morgan fingerprint density at radius 2 is 1.88 bits per heavy atom. The number of carbonyl (C=O) groups is 2. The third-order valence-electron chi connectivity index (χ3n) is 6.23. The lowest BCUT2D eigenvalue weighted by molar-refractivity contribution is -0.142. The number of fused-ring (bicyclic) bond motifs is 2. The third kappa shape index (κ3) is 3.76. The van der Waals surface area contributed by atoms with E-state index in [1.54, 1.807) is 6.07 Å². The van der Waals surface area contributed by atoms with Crippen LogP contribution >= 0.6 is 0 Å². The number of unbranched alkanes of at least 4 members (excludes halogenated alkanes) is 3. The molecule has 1 unspecified atom stereocenters. The van der Waals surface area contributed by atoms with E-state index >= 15 is 0 Å². The van der Waals surface area contributed by atoms with Crippen molar-refractivity contribution in [1.82, 2.24) is 0 Å². The van der Waals surface area contributed by atoms with Gasteiger partial charge in [-0.05, 0) is 24.1 Å². The number of phenols is 1. The molecule has 0 aliphatic carbocycles. The van der Waals surface area contributed by atoms with E-state index < -0.39 is 11.4 Å². The van der Waals surface area contributed by atoms with Gasteiger partial charge in [0.05, 0.1) is 6.61 Å². The van der Waals surface area contributed by atoms with Gasteiger partial charge in [0.15, 0.2) is 11.5 Å². The van der Waals surface area contributed by atoms with E-state index in [0.29, 0.717) is 23.6 Å². The molecule has 170 valence electrons. The van der Waals surface area contributed by atoms with Crippen LogP contribution in [0.5, 0.6) is 17.2 Å². The van der Waals surface area contributed by atoms with Crippen molar-refractivity contribution in [2.24, 2.45) is 0 Å². The first-order valence-corrected chi connectivity index (χ1v) is 11.2. The van der Waals surface area contributed by atoms with E-state index in [9.17, 15) is 14.7 Å². The number of ether oxygens (including phenoxy) is 3. The zero-order chi connectivity index (χ0) is 22.7. The Kier molecular flexibility index (Phi) is 6.26. The number of hydrogen-bond donors (Lipinski definition) is 1. The van der Waals surface area contributed by atoms with Gasteiger partial charge < -0.3 is 24.2 Å². The molecule has 1 amide bonds. The van der Waals surface area contributed by atoms with Gasteiger partial charge in [-0.1, -0.05) is 44.4 Å². The molecule has 0 saturated carbocycles. The van der Waals surface area contributed by atoms with E-state index in [2.05, 4.69) is 6.92 Å². The summed E-state index contributed by atoms with van der Waals surface area (Å²) in [4.78, 5) is 27.4. The number of aromatic hydroxyl groups is 1. The van der Waals surface area contributed by atoms with Crippen LogP contribution in [-0.2, 0) is 19.7 Å². The topological polar surface area (TPSA) is 85.3 Å². The van der Waals surface area contributed by atoms with Crippen LogP contribution in [0, 0.1) is 0 Å². The Labute approximate surface area is 187 Å². The minimum Gasteiger partial charge on any atom is -0.507 e. The third-order valence-corrected chi connectivity index (χ3v) is 6.23. The SMILES string of the molecule is CCCCCCN1C(=O)C(CCOC(C)=O)(c2cc3c(cc2O)OCO3)c2ccccc21. The van der Waals surface area contributed by atoms with Crippen LogP contribution in [-0.4, -0.2) is 36.9 Å². The second kappa shape index (κ2) is 9.10. The predicted octanol–water partition coefficient (Wildman–Crippen LogP) is 4.29. The molecule has 0 bridgehead atoms. The molecule has 2 aliphatic heterocycles. The first-order valence-electron chi connectivity index (χ1n) is 11.2. The summed E-state index contributed by atoms with van der Waals surface area (Å²) in [5.74, 6) is 0.336.